The number of hydrogen-bond donors (Lipinski definition) is 0. The minimum atomic E-state index is -4.05. The Morgan fingerprint density at radius 1 is 1.19 bits per heavy atom. The monoisotopic (exact) mass is 306 g/mol. The first-order valence-corrected chi connectivity index (χ1v) is 7.65. The lowest BCUT2D eigenvalue weighted by molar-refractivity contribution is 0.476. The lowest BCUT2D eigenvalue weighted by atomic mass is 10.2. The molecule has 1 aromatic carbocycles. The van der Waals surface area contributed by atoms with Gasteiger partial charge >= 0.3 is 15.3 Å². The average molecular weight is 306 g/mol. The zero-order chi connectivity index (χ0) is 15.2. The van der Waals surface area contributed by atoms with E-state index in [1.807, 2.05) is 35.9 Å². The van der Waals surface area contributed by atoms with E-state index in [0.29, 0.717) is 5.75 Å². The Bertz CT molecular complexity index is 924. The molecule has 0 radical (unpaired) electrons. The van der Waals surface area contributed by atoms with Crippen LogP contribution in [0, 0.1) is 6.92 Å². The largest absolute Gasteiger partial charge is 0.377 e. The summed E-state index contributed by atoms with van der Waals surface area (Å²) in [5.74, 6) is 0.306. The smallest absolute Gasteiger partial charge is 0.374 e. The van der Waals surface area contributed by atoms with Crippen LogP contribution in [0.2, 0.25) is 0 Å². The van der Waals surface area contributed by atoms with E-state index < -0.39 is 10.1 Å². The van der Waals surface area contributed by atoms with E-state index in [0.717, 1.165) is 16.6 Å². The van der Waals surface area contributed by atoms with Crippen LogP contribution < -0.4 is 4.18 Å². The Hall–Kier alpha value is -2.35. The Labute approximate surface area is 121 Å². The van der Waals surface area contributed by atoms with Crippen molar-refractivity contribution in [1.29, 1.82) is 0 Å². The zero-order valence-electron chi connectivity index (χ0n) is 11.8. The van der Waals surface area contributed by atoms with Crippen LogP contribution in [0.5, 0.6) is 5.75 Å². The molecule has 7 nitrogen and oxygen atoms in total. The number of aryl methyl sites for hydroxylation is 2. The number of aromatic nitrogens is 4. The van der Waals surface area contributed by atoms with Crippen molar-refractivity contribution in [2.75, 3.05) is 0 Å². The highest BCUT2D eigenvalue weighted by Gasteiger charge is 2.25. The van der Waals surface area contributed by atoms with Crippen LogP contribution in [0.4, 0.5) is 0 Å². The summed E-state index contributed by atoms with van der Waals surface area (Å²) >= 11 is 0. The van der Waals surface area contributed by atoms with Gasteiger partial charge in [-0.3, -0.25) is 4.68 Å². The number of rotatable bonds is 3. The van der Waals surface area contributed by atoms with Gasteiger partial charge in [-0.05, 0) is 19.1 Å². The summed E-state index contributed by atoms with van der Waals surface area (Å²) in [6, 6.07) is 7.44. The van der Waals surface area contributed by atoms with Crippen molar-refractivity contribution in [3.63, 3.8) is 0 Å². The number of hydrogen-bond acceptors (Lipinski definition) is 5. The lowest BCUT2D eigenvalue weighted by Crippen LogP contribution is -2.12. The third-order valence-corrected chi connectivity index (χ3v) is 4.36. The zero-order valence-corrected chi connectivity index (χ0v) is 12.6. The summed E-state index contributed by atoms with van der Waals surface area (Å²) in [4.78, 5) is 3.73. The molecule has 0 saturated heterocycles. The molecule has 0 N–H and O–H groups in total. The molecule has 0 bridgehead atoms. The van der Waals surface area contributed by atoms with E-state index in [1.165, 1.54) is 11.0 Å². The van der Waals surface area contributed by atoms with Crippen molar-refractivity contribution in [2.24, 2.45) is 14.1 Å². The van der Waals surface area contributed by atoms with Crippen LogP contribution in [0.15, 0.2) is 35.7 Å². The summed E-state index contributed by atoms with van der Waals surface area (Å²) < 4.78 is 33.0. The van der Waals surface area contributed by atoms with Crippen molar-refractivity contribution in [2.45, 2.75) is 12.1 Å². The second-order valence-electron chi connectivity index (χ2n) is 4.73. The molecular formula is C13H14N4O3S. The normalized spacial score (nSPS) is 12.0. The third-order valence-electron chi connectivity index (χ3n) is 3.34. The van der Waals surface area contributed by atoms with E-state index in [2.05, 4.69) is 10.1 Å². The molecule has 0 aliphatic carbocycles. The molecule has 2 aromatic heterocycles. The molecule has 2 heterocycles. The van der Waals surface area contributed by atoms with Crippen molar-refractivity contribution in [1.82, 2.24) is 19.3 Å². The van der Waals surface area contributed by atoms with Crippen molar-refractivity contribution >= 4 is 21.0 Å². The molecule has 0 fully saturated rings. The summed E-state index contributed by atoms with van der Waals surface area (Å²) in [5, 5.41) is 4.16. The van der Waals surface area contributed by atoms with Crippen LogP contribution in [0.3, 0.4) is 0 Å². The van der Waals surface area contributed by atoms with Gasteiger partial charge in [0, 0.05) is 19.5 Å². The van der Waals surface area contributed by atoms with Crippen LogP contribution in [0.1, 0.15) is 5.69 Å². The Morgan fingerprint density at radius 2 is 1.90 bits per heavy atom. The van der Waals surface area contributed by atoms with E-state index in [9.17, 15) is 8.42 Å². The van der Waals surface area contributed by atoms with Crippen LogP contribution in [-0.2, 0) is 24.2 Å². The van der Waals surface area contributed by atoms with Crippen molar-refractivity contribution in [3.05, 3.63) is 36.3 Å². The molecule has 3 rings (SSSR count). The number of fused-ring (bicyclic) bond motifs is 1. The summed E-state index contributed by atoms with van der Waals surface area (Å²) in [5.41, 5.74) is 1.62. The number of nitrogens with zero attached hydrogens (tertiary/aromatic N) is 4. The second kappa shape index (κ2) is 4.59. The van der Waals surface area contributed by atoms with Gasteiger partial charge in [-0.2, -0.15) is 8.42 Å². The fourth-order valence-corrected chi connectivity index (χ4v) is 3.08. The van der Waals surface area contributed by atoms with E-state index in [4.69, 9.17) is 4.18 Å². The van der Waals surface area contributed by atoms with Crippen LogP contribution >= 0.6 is 0 Å². The first-order valence-electron chi connectivity index (χ1n) is 6.24. The quantitative estimate of drug-likeness (QED) is 0.683. The van der Waals surface area contributed by atoms with Gasteiger partial charge in [0.25, 0.3) is 0 Å². The van der Waals surface area contributed by atoms with E-state index in [-0.39, 0.29) is 5.16 Å². The molecule has 110 valence electrons. The molecule has 0 spiro atoms. The standard InChI is InChI=1S/C13H14N4O3S/c1-9-12(10-6-4-5-7-11(10)17(9)3)20-21(18,19)13-14-8-16(2)15-13/h4-8H,1-3H3. The SMILES string of the molecule is Cc1c(OS(=O)(=O)c2ncn(C)n2)c2ccccc2n1C. The van der Waals surface area contributed by atoms with Gasteiger partial charge in [0.2, 0.25) is 0 Å². The fraction of sp³-hybridized carbons (Fsp3) is 0.231. The molecular weight excluding hydrogens is 292 g/mol. The molecule has 0 amide bonds. The number of benzene rings is 1. The number of para-hydroxylation sites is 1. The van der Waals surface area contributed by atoms with Crippen LogP contribution in [0.25, 0.3) is 10.9 Å². The molecule has 0 aliphatic heterocycles. The molecule has 21 heavy (non-hydrogen) atoms. The molecule has 0 saturated carbocycles. The van der Waals surface area contributed by atoms with Crippen molar-refractivity contribution in [3.8, 4) is 5.75 Å². The predicted octanol–water partition coefficient (Wildman–Crippen LogP) is 1.38. The van der Waals surface area contributed by atoms with Crippen LogP contribution in [-0.4, -0.2) is 27.7 Å². The first-order chi connectivity index (χ1) is 9.90. The molecule has 8 heteroatoms. The van der Waals surface area contributed by atoms with E-state index >= 15 is 0 Å². The fourth-order valence-electron chi connectivity index (χ4n) is 2.17. The minimum Gasteiger partial charge on any atom is -0.374 e. The summed E-state index contributed by atoms with van der Waals surface area (Å²) in [6.45, 7) is 1.80. The van der Waals surface area contributed by atoms with Gasteiger partial charge in [-0.1, -0.05) is 12.1 Å². The predicted molar refractivity (Wildman–Crippen MR) is 76.5 cm³/mol. The highest BCUT2D eigenvalue weighted by atomic mass is 32.2. The van der Waals surface area contributed by atoms with Crippen molar-refractivity contribution < 1.29 is 12.6 Å². The Balaban J connectivity index is 2.12. The van der Waals surface area contributed by atoms with Gasteiger partial charge in [0.05, 0.1) is 11.2 Å². The highest BCUT2D eigenvalue weighted by molar-refractivity contribution is 7.86. The second-order valence-corrected chi connectivity index (χ2v) is 6.17. The average Bonchev–Trinajstić information content (AvgIpc) is 2.98. The van der Waals surface area contributed by atoms with Gasteiger partial charge in [-0.25, -0.2) is 4.98 Å². The highest BCUT2D eigenvalue weighted by Crippen LogP contribution is 2.33. The Kier molecular flexibility index (Phi) is 2.98. The maximum atomic E-state index is 12.3. The molecule has 0 unspecified atom stereocenters. The minimum absolute atomic E-state index is 0.306. The van der Waals surface area contributed by atoms with E-state index in [1.54, 1.807) is 14.0 Å². The molecule has 3 aromatic rings. The lowest BCUT2D eigenvalue weighted by Gasteiger charge is -2.04. The van der Waals surface area contributed by atoms with Gasteiger partial charge < -0.3 is 8.75 Å². The first kappa shape index (κ1) is 13.6. The summed E-state index contributed by atoms with van der Waals surface area (Å²) in [6.07, 6.45) is 1.31. The van der Waals surface area contributed by atoms with Gasteiger partial charge in [0.15, 0.2) is 5.75 Å². The third kappa shape index (κ3) is 2.17. The maximum absolute atomic E-state index is 12.3. The van der Waals surface area contributed by atoms with Gasteiger partial charge in [-0.15, -0.1) is 5.10 Å². The van der Waals surface area contributed by atoms with Gasteiger partial charge in [0.1, 0.15) is 6.33 Å². The topological polar surface area (TPSA) is 79.0 Å². The Morgan fingerprint density at radius 3 is 2.57 bits per heavy atom. The molecule has 0 atom stereocenters. The summed E-state index contributed by atoms with van der Waals surface area (Å²) in [7, 11) is -0.600. The molecule has 0 aliphatic rings. The maximum Gasteiger partial charge on any atom is 0.377 e.